The van der Waals surface area contributed by atoms with Gasteiger partial charge in [0, 0.05) is 18.7 Å². The van der Waals surface area contributed by atoms with Crippen LogP contribution >= 0.6 is 0 Å². The molecule has 2 aromatic rings. The van der Waals surface area contributed by atoms with Gasteiger partial charge in [0.25, 0.3) is 5.56 Å². The number of alkyl halides is 2. The quantitative estimate of drug-likeness (QED) is 0.832. The van der Waals surface area contributed by atoms with Crippen LogP contribution in [0.1, 0.15) is 40.8 Å². The first-order valence-electron chi connectivity index (χ1n) is 9.33. The number of anilines is 1. The molecule has 1 aliphatic rings. The van der Waals surface area contributed by atoms with Crippen LogP contribution in [0, 0.1) is 25.2 Å². The maximum atomic E-state index is 13.0. The summed E-state index contributed by atoms with van der Waals surface area (Å²) in [5, 5.41) is 9.19. The Morgan fingerprint density at radius 3 is 2.83 bits per heavy atom. The predicted octanol–water partition coefficient (Wildman–Crippen LogP) is 3.38. The molecule has 3 rings (SSSR count). The van der Waals surface area contributed by atoms with Crippen molar-refractivity contribution in [3.8, 4) is 11.8 Å². The Balaban J connectivity index is 1.86. The van der Waals surface area contributed by atoms with Gasteiger partial charge in [-0.2, -0.15) is 14.0 Å². The summed E-state index contributed by atoms with van der Waals surface area (Å²) in [6, 6.07) is 6.78. The molecule has 1 N–H and O–H groups in total. The number of pyridine rings is 1. The Labute approximate surface area is 166 Å². The molecule has 8 heteroatoms. The number of aromatic amines is 1. The molecule has 1 aromatic carbocycles. The zero-order valence-corrected chi connectivity index (χ0v) is 16.2. The summed E-state index contributed by atoms with van der Waals surface area (Å²) < 4.78 is 30.2. The molecule has 0 bridgehead atoms. The Bertz CT molecular complexity index is 1040. The van der Waals surface area contributed by atoms with Gasteiger partial charge in [0.15, 0.2) is 0 Å². The minimum Gasteiger partial charge on any atom is -0.433 e. The number of halogens is 2. The monoisotopic (exact) mass is 401 g/mol. The number of fused-ring (bicyclic) bond motifs is 1. The van der Waals surface area contributed by atoms with E-state index in [0.717, 1.165) is 17.5 Å². The second kappa shape index (κ2) is 8.43. The summed E-state index contributed by atoms with van der Waals surface area (Å²) in [6.45, 7) is 0.852. The van der Waals surface area contributed by atoms with Gasteiger partial charge in [-0.15, -0.1) is 0 Å². The molecular weight excluding hydrogens is 380 g/mol. The van der Waals surface area contributed by atoms with E-state index in [1.165, 1.54) is 11.0 Å². The molecule has 1 amide bonds. The molecule has 0 unspecified atom stereocenters. The van der Waals surface area contributed by atoms with Crippen molar-refractivity contribution in [1.82, 2.24) is 4.98 Å². The zero-order valence-electron chi connectivity index (χ0n) is 16.2. The number of benzene rings is 1. The highest BCUT2D eigenvalue weighted by Crippen LogP contribution is 2.37. The van der Waals surface area contributed by atoms with Crippen molar-refractivity contribution in [3.63, 3.8) is 0 Å². The standard InChI is InChI=1S/C21H21F2N3O3/c1-12-15(13(2)25-20(28)16(12)11-24)8-9-18(27)26-10-4-6-14-5-3-7-17(19(14)26)29-21(22)23/h3,5,7,21H,4,6,8-10H2,1-2H3,(H,25,28). The number of nitrogens with one attached hydrogen (secondary N) is 1. The van der Waals surface area contributed by atoms with Gasteiger partial charge in [0.05, 0.1) is 5.69 Å². The predicted molar refractivity (Wildman–Crippen MR) is 103 cm³/mol. The lowest BCUT2D eigenvalue weighted by Gasteiger charge is -2.31. The number of hydrogen-bond acceptors (Lipinski definition) is 4. The Kier molecular flexibility index (Phi) is 5.97. The maximum absolute atomic E-state index is 13.0. The molecule has 0 fully saturated rings. The lowest BCUT2D eigenvalue weighted by atomic mass is 9.97. The van der Waals surface area contributed by atoms with Crippen LogP contribution in [-0.4, -0.2) is 24.0 Å². The van der Waals surface area contributed by atoms with E-state index in [-0.39, 0.29) is 23.6 Å². The summed E-state index contributed by atoms with van der Waals surface area (Å²) in [5.41, 5.74) is 2.69. The van der Waals surface area contributed by atoms with Gasteiger partial charge in [-0.3, -0.25) is 9.59 Å². The average molecular weight is 401 g/mol. The molecule has 0 aliphatic carbocycles. The third-order valence-corrected chi connectivity index (χ3v) is 5.21. The maximum Gasteiger partial charge on any atom is 0.387 e. The normalized spacial score (nSPS) is 13.2. The number of aryl methyl sites for hydroxylation is 2. The van der Waals surface area contributed by atoms with E-state index in [4.69, 9.17) is 0 Å². The highest BCUT2D eigenvalue weighted by Gasteiger charge is 2.27. The second-order valence-corrected chi connectivity index (χ2v) is 6.96. The first-order valence-corrected chi connectivity index (χ1v) is 9.33. The summed E-state index contributed by atoms with van der Waals surface area (Å²) in [5.74, 6) is -0.228. The Morgan fingerprint density at radius 1 is 1.38 bits per heavy atom. The van der Waals surface area contributed by atoms with Crippen molar-refractivity contribution in [1.29, 1.82) is 5.26 Å². The topological polar surface area (TPSA) is 86.2 Å². The molecule has 1 aliphatic heterocycles. The fourth-order valence-electron chi connectivity index (χ4n) is 3.84. The van der Waals surface area contributed by atoms with Crippen LogP contribution in [0.5, 0.6) is 5.75 Å². The third-order valence-electron chi connectivity index (χ3n) is 5.21. The van der Waals surface area contributed by atoms with Gasteiger partial charge in [-0.05, 0) is 55.9 Å². The van der Waals surface area contributed by atoms with Crippen LogP contribution in [0.2, 0.25) is 0 Å². The number of carbonyl (C=O) groups excluding carboxylic acids is 1. The minimum atomic E-state index is -2.98. The lowest BCUT2D eigenvalue weighted by molar-refractivity contribution is -0.118. The highest BCUT2D eigenvalue weighted by atomic mass is 19.3. The van der Waals surface area contributed by atoms with Crippen LogP contribution in [0.3, 0.4) is 0 Å². The van der Waals surface area contributed by atoms with E-state index in [0.29, 0.717) is 36.3 Å². The molecule has 1 aromatic heterocycles. The minimum absolute atomic E-state index is 0.00582. The number of carbonyl (C=O) groups is 1. The fraction of sp³-hybridized carbons (Fsp3) is 0.381. The van der Waals surface area contributed by atoms with E-state index >= 15 is 0 Å². The number of ether oxygens (including phenoxy) is 1. The molecule has 29 heavy (non-hydrogen) atoms. The summed E-state index contributed by atoms with van der Waals surface area (Å²) in [6.07, 6.45) is 1.85. The summed E-state index contributed by atoms with van der Waals surface area (Å²) in [4.78, 5) is 29.0. The number of aromatic nitrogens is 1. The van der Waals surface area contributed by atoms with E-state index < -0.39 is 12.2 Å². The van der Waals surface area contributed by atoms with E-state index in [2.05, 4.69) is 9.72 Å². The molecular formula is C21H21F2N3O3. The van der Waals surface area contributed by atoms with E-state index in [1.54, 1.807) is 19.9 Å². The van der Waals surface area contributed by atoms with Crippen molar-refractivity contribution < 1.29 is 18.3 Å². The first kappa shape index (κ1) is 20.5. The van der Waals surface area contributed by atoms with Gasteiger partial charge in [0.1, 0.15) is 17.4 Å². The number of hydrogen-bond donors (Lipinski definition) is 1. The zero-order chi connectivity index (χ0) is 21.1. The van der Waals surface area contributed by atoms with Crippen LogP contribution < -0.4 is 15.2 Å². The van der Waals surface area contributed by atoms with Gasteiger partial charge in [-0.25, -0.2) is 0 Å². The molecule has 0 atom stereocenters. The highest BCUT2D eigenvalue weighted by molar-refractivity contribution is 5.96. The molecule has 0 saturated carbocycles. The van der Waals surface area contributed by atoms with Crippen molar-refractivity contribution in [2.45, 2.75) is 46.1 Å². The van der Waals surface area contributed by atoms with Crippen LogP contribution in [0.25, 0.3) is 0 Å². The molecule has 0 spiro atoms. The third kappa shape index (κ3) is 4.14. The molecule has 0 radical (unpaired) electrons. The molecule has 6 nitrogen and oxygen atoms in total. The second-order valence-electron chi connectivity index (χ2n) is 6.96. The molecule has 152 valence electrons. The van der Waals surface area contributed by atoms with Crippen molar-refractivity contribution >= 4 is 11.6 Å². The summed E-state index contributed by atoms with van der Waals surface area (Å²) >= 11 is 0. The number of nitrogens with zero attached hydrogens (tertiary/aromatic N) is 2. The van der Waals surface area contributed by atoms with Gasteiger partial charge in [0.2, 0.25) is 5.91 Å². The lowest BCUT2D eigenvalue weighted by Crippen LogP contribution is -2.36. The fourth-order valence-corrected chi connectivity index (χ4v) is 3.84. The van der Waals surface area contributed by atoms with Crippen molar-refractivity contribution in [3.05, 3.63) is 56.5 Å². The number of H-pyrrole nitrogens is 1. The van der Waals surface area contributed by atoms with Crippen LogP contribution in [-0.2, 0) is 17.6 Å². The Morgan fingerprint density at radius 2 is 2.14 bits per heavy atom. The van der Waals surface area contributed by atoms with Crippen LogP contribution in [0.4, 0.5) is 14.5 Å². The SMILES string of the molecule is Cc1[nH]c(=O)c(C#N)c(C)c1CCC(=O)N1CCCc2cccc(OC(F)F)c21. The van der Waals surface area contributed by atoms with Crippen LogP contribution in [0.15, 0.2) is 23.0 Å². The van der Waals surface area contributed by atoms with Gasteiger partial charge < -0.3 is 14.6 Å². The largest absolute Gasteiger partial charge is 0.433 e. The smallest absolute Gasteiger partial charge is 0.387 e. The molecule has 2 heterocycles. The first-order chi connectivity index (χ1) is 13.8. The Hall–Kier alpha value is -3.21. The number of nitriles is 1. The number of para-hydroxylation sites is 1. The molecule has 0 saturated heterocycles. The van der Waals surface area contributed by atoms with E-state index in [9.17, 15) is 23.6 Å². The van der Waals surface area contributed by atoms with Crippen molar-refractivity contribution in [2.75, 3.05) is 11.4 Å². The average Bonchev–Trinajstić information content (AvgIpc) is 2.67. The number of amides is 1. The van der Waals surface area contributed by atoms with Crippen molar-refractivity contribution in [2.24, 2.45) is 0 Å². The number of rotatable bonds is 5. The van der Waals surface area contributed by atoms with Gasteiger partial charge >= 0.3 is 6.61 Å². The van der Waals surface area contributed by atoms with Gasteiger partial charge in [-0.1, -0.05) is 12.1 Å². The summed E-state index contributed by atoms with van der Waals surface area (Å²) in [7, 11) is 0. The van der Waals surface area contributed by atoms with E-state index in [1.807, 2.05) is 12.1 Å².